The summed E-state index contributed by atoms with van der Waals surface area (Å²) < 4.78 is 71.7. The van der Waals surface area contributed by atoms with Crippen LogP contribution in [0.4, 0.5) is 13.2 Å². The third-order valence-corrected chi connectivity index (χ3v) is 8.91. The van der Waals surface area contributed by atoms with Crippen LogP contribution >= 0.6 is 0 Å². The summed E-state index contributed by atoms with van der Waals surface area (Å²) in [5.74, 6) is -3.58. The van der Waals surface area contributed by atoms with Crippen LogP contribution in [-0.2, 0) is 15.6 Å². The molecule has 0 bridgehead atoms. The van der Waals surface area contributed by atoms with Crippen LogP contribution in [0.5, 0.6) is 0 Å². The number of halogens is 3. The van der Waals surface area contributed by atoms with Crippen LogP contribution in [0.3, 0.4) is 0 Å². The highest BCUT2D eigenvalue weighted by molar-refractivity contribution is 7.90. The average molecular weight is 555 g/mol. The Kier molecular flexibility index (Phi) is 7.59. The largest absolute Gasteiger partial charge is 0.301 e. The second kappa shape index (κ2) is 10.9. The summed E-state index contributed by atoms with van der Waals surface area (Å²) in [6.45, 7) is 6.21. The zero-order valence-corrected chi connectivity index (χ0v) is 22.5. The first kappa shape index (κ1) is 27.1. The topological polar surface area (TPSA) is 68.1 Å². The van der Waals surface area contributed by atoms with Gasteiger partial charge in [-0.05, 0) is 68.7 Å². The number of nitrogens with zero attached hydrogens (tertiary/aromatic N) is 4. The molecule has 0 aliphatic carbocycles. The van der Waals surface area contributed by atoms with Gasteiger partial charge in [0.1, 0.15) is 28.0 Å². The van der Waals surface area contributed by atoms with E-state index in [1.54, 1.807) is 24.5 Å². The lowest BCUT2D eigenvalue weighted by molar-refractivity contribution is 0.147. The molecule has 2 aromatic heterocycles. The van der Waals surface area contributed by atoms with E-state index < -0.39 is 37.9 Å². The molecule has 39 heavy (non-hydrogen) atoms. The molecule has 1 aliphatic rings. The maximum atomic E-state index is 16.0. The van der Waals surface area contributed by atoms with Crippen molar-refractivity contribution in [2.75, 3.05) is 13.1 Å². The molecule has 204 valence electrons. The number of rotatable bonds is 7. The molecule has 0 unspecified atom stereocenters. The molecule has 5 rings (SSSR count). The molecule has 4 aromatic rings. The molecule has 1 fully saturated rings. The fourth-order valence-electron chi connectivity index (χ4n) is 5.06. The monoisotopic (exact) mass is 554 g/mol. The normalized spacial score (nSPS) is 15.2. The summed E-state index contributed by atoms with van der Waals surface area (Å²) in [7, 11) is -4.37. The first-order valence-corrected chi connectivity index (χ1v) is 14.5. The predicted octanol–water partition coefficient (Wildman–Crippen LogP) is 6.05. The molecule has 1 aliphatic heterocycles. The maximum Gasteiger partial charge on any atom is 0.185 e. The van der Waals surface area contributed by atoms with Gasteiger partial charge >= 0.3 is 0 Å². The van der Waals surface area contributed by atoms with Gasteiger partial charge in [-0.25, -0.2) is 21.6 Å². The van der Waals surface area contributed by atoms with Crippen LogP contribution in [0.25, 0.3) is 22.4 Å². The Morgan fingerprint density at radius 2 is 1.69 bits per heavy atom. The van der Waals surface area contributed by atoms with E-state index >= 15 is 4.39 Å². The first-order chi connectivity index (χ1) is 18.6. The number of sulfone groups is 1. The lowest BCUT2D eigenvalue weighted by Gasteiger charge is -2.34. The van der Waals surface area contributed by atoms with Gasteiger partial charge in [0, 0.05) is 54.4 Å². The van der Waals surface area contributed by atoms with E-state index in [0.717, 1.165) is 43.6 Å². The van der Waals surface area contributed by atoms with E-state index in [9.17, 15) is 17.2 Å². The van der Waals surface area contributed by atoms with E-state index in [-0.39, 0.29) is 17.2 Å². The molecule has 0 amide bonds. The molecule has 1 saturated heterocycles. The number of aromatic nitrogens is 3. The summed E-state index contributed by atoms with van der Waals surface area (Å²) in [4.78, 5) is 5.69. The highest BCUT2D eigenvalue weighted by Gasteiger charge is 2.27. The summed E-state index contributed by atoms with van der Waals surface area (Å²) >= 11 is 0. The molecule has 3 heterocycles. The summed E-state index contributed by atoms with van der Waals surface area (Å²) in [6.07, 6.45) is 6.99. The van der Waals surface area contributed by atoms with Crippen molar-refractivity contribution in [2.24, 2.45) is 0 Å². The molecule has 6 nitrogen and oxygen atoms in total. The molecule has 10 heteroatoms. The van der Waals surface area contributed by atoms with Gasteiger partial charge in [-0.3, -0.25) is 9.67 Å². The van der Waals surface area contributed by atoms with Crippen LogP contribution in [0.1, 0.15) is 38.3 Å². The van der Waals surface area contributed by atoms with Gasteiger partial charge < -0.3 is 4.90 Å². The standard InChI is InChI=1S/C29H29F3N4O2S/c1-19(2)35-14-10-23(11-15-35)36-17-25(20-8-12-33-13-9-20)29(34-36)24-5-3-4-21(28(24)32)18-39(37,38)27-16-22(30)6-7-26(27)31/h3-9,12-13,16-17,19,23H,10-11,14-15,18H2,1-2H3. The molecule has 0 N–H and O–H groups in total. The number of hydrogen-bond acceptors (Lipinski definition) is 5. The van der Waals surface area contributed by atoms with Crippen molar-refractivity contribution >= 4 is 9.84 Å². The van der Waals surface area contributed by atoms with Gasteiger partial charge in [-0.2, -0.15) is 5.10 Å². The molecular weight excluding hydrogens is 525 g/mol. The SMILES string of the molecule is CC(C)N1CCC(n2cc(-c3ccncc3)c(-c3cccc(CS(=O)(=O)c4cc(F)ccc4F)c3F)n2)CC1. The Morgan fingerprint density at radius 3 is 2.38 bits per heavy atom. The summed E-state index contributed by atoms with van der Waals surface area (Å²) in [6, 6.07) is 10.8. The van der Waals surface area contributed by atoms with Gasteiger partial charge in [0.25, 0.3) is 0 Å². The van der Waals surface area contributed by atoms with Crippen molar-refractivity contribution in [1.82, 2.24) is 19.7 Å². The first-order valence-electron chi connectivity index (χ1n) is 12.8. The predicted molar refractivity (Wildman–Crippen MR) is 143 cm³/mol. The lowest BCUT2D eigenvalue weighted by Crippen LogP contribution is -2.39. The average Bonchev–Trinajstić information content (AvgIpc) is 3.37. The fraction of sp³-hybridized carbons (Fsp3) is 0.310. The van der Waals surface area contributed by atoms with E-state index in [1.807, 2.05) is 23.0 Å². The van der Waals surface area contributed by atoms with Crippen LogP contribution in [-0.4, -0.2) is 47.2 Å². The van der Waals surface area contributed by atoms with Gasteiger partial charge in [-0.1, -0.05) is 12.1 Å². The highest BCUT2D eigenvalue weighted by Crippen LogP contribution is 2.36. The minimum atomic E-state index is -4.37. The van der Waals surface area contributed by atoms with E-state index in [4.69, 9.17) is 5.10 Å². The Labute approximate surface area is 226 Å². The zero-order valence-electron chi connectivity index (χ0n) is 21.7. The van der Waals surface area contributed by atoms with Gasteiger partial charge in [0.2, 0.25) is 0 Å². The third kappa shape index (κ3) is 5.62. The van der Waals surface area contributed by atoms with Crippen LogP contribution in [0.15, 0.2) is 72.0 Å². The highest BCUT2D eigenvalue weighted by atomic mass is 32.2. The molecule has 0 atom stereocenters. The zero-order chi connectivity index (χ0) is 27.7. The van der Waals surface area contributed by atoms with E-state index in [2.05, 4.69) is 23.7 Å². The minimum Gasteiger partial charge on any atom is -0.301 e. The Morgan fingerprint density at radius 1 is 0.974 bits per heavy atom. The molecular formula is C29H29F3N4O2S. The van der Waals surface area contributed by atoms with Crippen molar-refractivity contribution in [1.29, 1.82) is 0 Å². The van der Waals surface area contributed by atoms with Gasteiger partial charge in [0.05, 0.1) is 11.8 Å². The van der Waals surface area contributed by atoms with Crippen molar-refractivity contribution < 1.29 is 21.6 Å². The van der Waals surface area contributed by atoms with Crippen molar-refractivity contribution in [3.05, 3.63) is 90.1 Å². The maximum absolute atomic E-state index is 16.0. The summed E-state index contributed by atoms with van der Waals surface area (Å²) in [5, 5.41) is 4.81. The number of pyridine rings is 1. The fourth-order valence-corrected chi connectivity index (χ4v) is 6.50. The van der Waals surface area contributed by atoms with Crippen molar-refractivity contribution in [3.63, 3.8) is 0 Å². The van der Waals surface area contributed by atoms with Crippen LogP contribution in [0.2, 0.25) is 0 Å². The molecule has 0 saturated carbocycles. The Balaban J connectivity index is 1.54. The van der Waals surface area contributed by atoms with Gasteiger partial charge in [-0.15, -0.1) is 0 Å². The van der Waals surface area contributed by atoms with Crippen molar-refractivity contribution in [2.45, 2.75) is 49.4 Å². The van der Waals surface area contributed by atoms with Crippen LogP contribution in [0, 0.1) is 17.5 Å². The quantitative estimate of drug-likeness (QED) is 0.278. The minimum absolute atomic E-state index is 0.132. The number of likely N-dealkylation sites (tertiary alicyclic amines) is 1. The van der Waals surface area contributed by atoms with Gasteiger partial charge in [0.15, 0.2) is 9.84 Å². The number of benzene rings is 2. The Hall–Kier alpha value is -3.50. The molecule has 0 radical (unpaired) electrons. The lowest BCUT2D eigenvalue weighted by atomic mass is 10.0. The van der Waals surface area contributed by atoms with Crippen LogP contribution < -0.4 is 0 Å². The second-order valence-corrected chi connectivity index (χ2v) is 12.0. The van der Waals surface area contributed by atoms with Crippen molar-refractivity contribution in [3.8, 4) is 22.4 Å². The Bertz CT molecular complexity index is 1580. The van der Waals surface area contributed by atoms with E-state index in [0.29, 0.717) is 23.4 Å². The molecule has 0 spiro atoms. The smallest absolute Gasteiger partial charge is 0.185 e. The van der Waals surface area contributed by atoms with E-state index in [1.165, 1.54) is 6.07 Å². The number of piperidine rings is 1. The number of hydrogen-bond donors (Lipinski definition) is 0. The summed E-state index contributed by atoms with van der Waals surface area (Å²) in [5.41, 5.74) is 1.84. The third-order valence-electron chi connectivity index (χ3n) is 7.23. The second-order valence-electron chi connectivity index (χ2n) is 10.1. The molecule has 2 aromatic carbocycles.